The number of hydrogen-bond donors (Lipinski definition) is 0. The van der Waals surface area contributed by atoms with Crippen molar-refractivity contribution in [3.63, 3.8) is 0 Å². The first kappa shape index (κ1) is 32.9. The summed E-state index contributed by atoms with van der Waals surface area (Å²) >= 11 is 0. The average molecular weight is 1250 g/mol. The Balaban J connectivity index is 1.04. The first-order valence-corrected chi connectivity index (χ1v) is 30.8. The van der Waals surface area contributed by atoms with Crippen LogP contribution in [0.2, 0.25) is 0 Å². The summed E-state index contributed by atoms with van der Waals surface area (Å²) in [6, 6.07) is 25.6. The molecule has 0 N–H and O–H groups in total. The minimum Gasteiger partial charge on any atom is -0.310 e. The fourth-order valence-corrected chi connectivity index (χ4v) is 13.8. The monoisotopic (exact) mass is 1250 g/mol. The van der Waals surface area contributed by atoms with Gasteiger partial charge < -0.3 is 18.9 Å². The van der Waals surface area contributed by atoms with Crippen LogP contribution in [0.1, 0.15) is 46.7 Å². The molecule has 0 aliphatic carbocycles. The Labute approximate surface area is 601 Å². The molecule has 17 aromatic rings. The molecule has 0 radical (unpaired) electrons. The van der Waals surface area contributed by atoms with Crippen molar-refractivity contribution < 1.29 is 41.1 Å². The molecule has 0 amide bonds. The molecule has 0 atom stereocenters. The number of aromatic nitrogens is 2. The number of fused-ring (bicyclic) bond motifs is 10. The van der Waals surface area contributed by atoms with E-state index in [9.17, 15) is 27.4 Å². The van der Waals surface area contributed by atoms with Gasteiger partial charge >= 0.3 is 0 Å². The van der Waals surface area contributed by atoms with E-state index in [4.69, 9.17) is 13.7 Å². The summed E-state index contributed by atoms with van der Waals surface area (Å²) < 4.78 is 295. The molecule has 15 aromatic carbocycles. The highest BCUT2D eigenvalue weighted by molar-refractivity contribution is 7.00. The molecule has 0 saturated carbocycles. The van der Waals surface area contributed by atoms with Gasteiger partial charge in [-0.2, -0.15) is 0 Å². The van der Waals surface area contributed by atoms with E-state index in [1.807, 2.05) is 170 Å². The zero-order chi connectivity index (χ0) is 89.5. The summed E-state index contributed by atoms with van der Waals surface area (Å²) in [7, 11) is 0. The molecule has 0 saturated heterocycles. The molecule has 4 heterocycles. The van der Waals surface area contributed by atoms with Crippen LogP contribution < -0.4 is 26.2 Å². The summed E-state index contributed by atoms with van der Waals surface area (Å²) in [5.41, 5.74) is -1.57. The maximum Gasteiger partial charge on any atom is 0.252 e. The quantitative estimate of drug-likeness (QED) is 0.127. The van der Waals surface area contributed by atoms with Crippen LogP contribution in [0.25, 0.3) is 122 Å². The largest absolute Gasteiger partial charge is 0.310 e. The van der Waals surface area contributed by atoms with Crippen molar-refractivity contribution in [1.82, 2.24) is 9.13 Å². The maximum absolute atomic E-state index is 11.6. The fourth-order valence-electron chi connectivity index (χ4n) is 13.8. The number of nitrogens with zero attached hydrogens (tertiary/aromatic N) is 4. The van der Waals surface area contributed by atoms with Crippen molar-refractivity contribution in [2.45, 2.75) is 6.92 Å². The van der Waals surface area contributed by atoms with Crippen molar-refractivity contribution in [2.75, 3.05) is 9.80 Å². The van der Waals surface area contributed by atoms with Crippen LogP contribution in [0.3, 0.4) is 0 Å². The van der Waals surface area contributed by atoms with E-state index in [2.05, 4.69) is 0 Å². The fraction of sp³-hybridized carbons (Fsp3) is 0.0110. The van der Waals surface area contributed by atoms with Crippen LogP contribution in [0.5, 0.6) is 0 Å². The van der Waals surface area contributed by atoms with Crippen LogP contribution in [0, 0.1) is 6.92 Å². The predicted octanol–water partition coefficient (Wildman–Crippen LogP) is 22.3. The molecule has 2 aromatic heterocycles. The van der Waals surface area contributed by atoms with E-state index in [0.29, 0.717) is 61.4 Å². The smallest absolute Gasteiger partial charge is 0.252 e. The summed E-state index contributed by atoms with van der Waals surface area (Å²) in [6.07, 6.45) is 0. The van der Waals surface area contributed by atoms with Gasteiger partial charge in [0.25, 0.3) is 6.71 Å². The number of anilines is 6. The van der Waals surface area contributed by atoms with E-state index in [1.54, 1.807) is 16.7 Å². The second-order valence-corrected chi connectivity index (χ2v) is 23.2. The minimum absolute atomic E-state index is 0.198. The average Bonchev–Trinajstić information content (AvgIpc) is 0.986. The second kappa shape index (κ2) is 22.4. The standard InChI is InChI=1S/C91H61BN4/c1-60-54-87-89-88(55-60)96(91-73(65-34-16-6-17-35-65)42-25-43-74(91)66-36-18-7-19-37-66)86-59-70(94-82-45-23-21-39-76(82)78-57-68(47-53-84(78)94)62-28-10-3-11-29-62)49-51-80(86)92(89)79-50-48-69(93-81-44-22-20-38-75(81)77-56-67(46-52-83(77)93)61-26-8-2-9-27-61)58-85(79)95(87)90-71(63-30-12-4-13-31-63)40-24-41-72(90)64-32-14-5-15-33-64/h2-59H,1H3/i2D,3D,8D,9D,10D,11D,20D,21D,22D,23D,26D,27D,28D,29D,38D,39D,44D,45D,46D,47D,48D,49D,50D,51D,52D,53D,56D,57D,58D,59D. The molecular formula is C91H61BN4. The van der Waals surface area contributed by atoms with Crippen molar-refractivity contribution in [3.8, 4) is 78.1 Å². The van der Waals surface area contributed by atoms with Crippen molar-refractivity contribution in [3.05, 3.63) is 357 Å². The zero-order valence-corrected chi connectivity index (χ0v) is 50.5. The Hall–Kier alpha value is -12.4. The molecule has 96 heavy (non-hydrogen) atoms. The first-order chi connectivity index (χ1) is 60.1. The topological polar surface area (TPSA) is 16.3 Å². The number of para-hydroxylation sites is 4. The van der Waals surface area contributed by atoms with Gasteiger partial charge in [0.15, 0.2) is 0 Å². The maximum atomic E-state index is 11.6. The van der Waals surface area contributed by atoms with Crippen LogP contribution >= 0.6 is 0 Å². The van der Waals surface area contributed by atoms with Gasteiger partial charge in [0, 0.05) is 77.9 Å². The molecule has 0 unspecified atom stereocenters. The third-order valence-corrected chi connectivity index (χ3v) is 17.8. The summed E-state index contributed by atoms with van der Waals surface area (Å²) in [5, 5.41) is -2.12. The van der Waals surface area contributed by atoms with Crippen LogP contribution in [0.4, 0.5) is 34.1 Å². The second-order valence-electron chi connectivity index (χ2n) is 23.2. The normalized spacial score (nSPS) is 16.7. The van der Waals surface area contributed by atoms with E-state index in [0.717, 1.165) is 9.13 Å². The lowest BCUT2D eigenvalue weighted by atomic mass is 9.33. The lowest BCUT2D eigenvalue weighted by molar-refractivity contribution is 1.16. The molecule has 0 fully saturated rings. The van der Waals surface area contributed by atoms with Gasteiger partial charge in [-0.25, -0.2) is 0 Å². The molecule has 0 spiro atoms. The third-order valence-electron chi connectivity index (χ3n) is 17.8. The number of hydrogen-bond acceptors (Lipinski definition) is 2. The van der Waals surface area contributed by atoms with Gasteiger partial charge in [-0.1, -0.05) is 279 Å². The molecular weight excluding hydrogens is 1160 g/mol. The summed E-state index contributed by atoms with van der Waals surface area (Å²) in [5.74, 6) is 0. The van der Waals surface area contributed by atoms with Crippen LogP contribution in [-0.2, 0) is 0 Å². The van der Waals surface area contributed by atoms with Crippen molar-refractivity contribution in [2.24, 2.45) is 0 Å². The van der Waals surface area contributed by atoms with Gasteiger partial charge in [-0.15, -0.1) is 0 Å². The summed E-state index contributed by atoms with van der Waals surface area (Å²) in [4.78, 5) is 3.47. The van der Waals surface area contributed by atoms with Gasteiger partial charge in [-0.3, -0.25) is 0 Å². The predicted molar refractivity (Wildman–Crippen MR) is 406 cm³/mol. The summed E-state index contributed by atoms with van der Waals surface area (Å²) in [6.45, 7) is 0.0443. The van der Waals surface area contributed by atoms with Crippen LogP contribution in [0.15, 0.2) is 351 Å². The minimum atomic E-state index is -1.74. The van der Waals surface area contributed by atoms with Crippen LogP contribution in [-0.4, -0.2) is 15.8 Å². The van der Waals surface area contributed by atoms with Gasteiger partial charge in [0.1, 0.15) is 0 Å². The van der Waals surface area contributed by atoms with Gasteiger partial charge in [-0.05, 0) is 146 Å². The molecule has 2 aliphatic heterocycles. The number of aryl methyl sites for hydroxylation is 1. The first-order valence-electron chi connectivity index (χ1n) is 45.8. The lowest BCUT2D eigenvalue weighted by Gasteiger charge is -2.46. The zero-order valence-electron chi connectivity index (χ0n) is 80.5. The van der Waals surface area contributed by atoms with Crippen molar-refractivity contribution >= 4 is 101 Å². The Bertz CT molecular complexity index is 7170. The highest BCUT2D eigenvalue weighted by atomic mass is 15.2. The Morgan fingerprint density at radius 1 is 0.281 bits per heavy atom. The number of benzene rings is 15. The van der Waals surface area contributed by atoms with Gasteiger partial charge in [0.2, 0.25) is 0 Å². The third kappa shape index (κ3) is 8.78. The highest BCUT2D eigenvalue weighted by Crippen LogP contribution is 2.54. The highest BCUT2D eigenvalue weighted by Gasteiger charge is 2.45. The van der Waals surface area contributed by atoms with E-state index in [-0.39, 0.29) is 39.1 Å². The Morgan fingerprint density at radius 2 is 0.635 bits per heavy atom. The SMILES string of the molecule is [2H]c1c([2H])c([2H])c(-c2c([2H])c([2H])c3c(c2[2H])c2c([2H])c([2H])c([2H])c([2H])c2n3-c2c([2H])c([2H])c3c(c2[2H])N(c2c(-c4ccccc4)cccc2-c2ccccc2)c2cc(C)cc4c2B3c2c([2H])c([2H])c(-n3c5c([2H])c([2H])c([2H])c([2H])c5c5c([2H])c(-c6c([2H])c([2H])c([2H])c([2H])c6[2H])c([2H])c([2H])c53)c([2H])c2N4c2c(-c3ccccc3)cccc2-c2ccccc2)c([2H])c1[2H]. The van der Waals surface area contributed by atoms with E-state index >= 15 is 0 Å². The Kier molecular flexibility index (Phi) is 7.68. The number of rotatable bonds is 10. The molecule has 0 bridgehead atoms. The molecule has 2 aliphatic rings. The Morgan fingerprint density at radius 3 is 1.02 bits per heavy atom. The van der Waals surface area contributed by atoms with Gasteiger partial charge in [0.05, 0.1) is 74.6 Å². The molecule has 448 valence electrons. The van der Waals surface area contributed by atoms with E-state index in [1.165, 1.54) is 0 Å². The molecule has 5 heteroatoms. The van der Waals surface area contributed by atoms with E-state index < -0.39 is 265 Å². The molecule has 4 nitrogen and oxygen atoms in total. The molecule has 19 rings (SSSR count). The lowest BCUT2D eigenvalue weighted by Crippen LogP contribution is -2.61. The van der Waals surface area contributed by atoms with Crippen molar-refractivity contribution in [1.29, 1.82) is 0 Å².